The monoisotopic (exact) mass is 597 g/mol. The highest BCUT2D eigenvalue weighted by Crippen LogP contribution is 2.44. The van der Waals surface area contributed by atoms with E-state index in [4.69, 9.17) is 11.6 Å². The number of fused-ring (bicyclic) bond motifs is 1. The maximum Gasteiger partial charge on any atom is 0.274 e. The zero-order chi connectivity index (χ0) is 23.9. The molecule has 2 aliphatic rings. The highest BCUT2D eigenvalue weighted by molar-refractivity contribution is 9.12. The number of amides is 3. The quantitative estimate of drug-likeness (QED) is 0.214. The van der Waals surface area contributed by atoms with Gasteiger partial charge in [0, 0.05) is 26.3 Å². The van der Waals surface area contributed by atoms with Gasteiger partial charge in [-0.1, -0.05) is 61.7 Å². The number of hydrogen-bond donors (Lipinski definition) is 0. The number of rotatable bonds is 5. The molecule has 3 amide bonds. The SMILES string of the molecule is O=C(c1ccc(Cl)cc1)N(Cc1ccccc1[N+](=O)[O-])N1C(=O)[C@@H]2C[C@@H](Br)[C@@H](Br)C[C@H]2C1=O. The lowest BCUT2D eigenvalue weighted by Crippen LogP contribution is -2.49. The van der Waals surface area contributed by atoms with Crippen LogP contribution in [0.25, 0.3) is 0 Å². The Morgan fingerprint density at radius 1 is 1.03 bits per heavy atom. The minimum absolute atomic E-state index is 0.00563. The van der Waals surface area contributed by atoms with Crippen molar-refractivity contribution < 1.29 is 19.3 Å². The van der Waals surface area contributed by atoms with Crippen LogP contribution in [0.5, 0.6) is 0 Å². The van der Waals surface area contributed by atoms with Gasteiger partial charge in [0.15, 0.2) is 0 Å². The van der Waals surface area contributed by atoms with Gasteiger partial charge in [0.2, 0.25) is 0 Å². The Morgan fingerprint density at radius 2 is 1.58 bits per heavy atom. The summed E-state index contributed by atoms with van der Waals surface area (Å²) in [4.78, 5) is 51.2. The van der Waals surface area contributed by atoms with E-state index in [-0.39, 0.29) is 33.0 Å². The molecule has 1 heterocycles. The molecular weight excluding hydrogens is 582 g/mol. The molecule has 8 nitrogen and oxygen atoms in total. The summed E-state index contributed by atoms with van der Waals surface area (Å²) in [5, 5.41) is 13.9. The Bertz CT molecular complexity index is 1100. The number of halogens is 3. The summed E-state index contributed by atoms with van der Waals surface area (Å²) in [5.41, 5.74) is 0.200. The molecule has 0 N–H and O–H groups in total. The van der Waals surface area contributed by atoms with Crippen LogP contribution in [0.2, 0.25) is 5.02 Å². The second-order valence-electron chi connectivity index (χ2n) is 7.96. The number of hydrogen-bond acceptors (Lipinski definition) is 5. The highest BCUT2D eigenvalue weighted by atomic mass is 79.9. The van der Waals surface area contributed by atoms with Crippen molar-refractivity contribution in [3.05, 3.63) is 74.8 Å². The molecule has 33 heavy (non-hydrogen) atoms. The molecule has 2 aromatic carbocycles. The van der Waals surface area contributed by atoms with Crippen LogP contribution in [0, 0.1) is 22.0 Å². The fourth-order valence-electron chi connectivity index (χ4n) is 4.27. The molecule has 1 saturated carbocycles. The summed E-state index contributed by atoms with van der Waals surface area (Å²) in [7, 11) is 0. The van der Waals surface area contributed by atoms with Crippen molar-refractivity contribution in [2.24, 2.45) is 11.8 Å². The molecule has 0 aromatic heterocycles. The number of para-hydroxylation sites is 1. The molecule has 4 atom stereocenters. The fraction of sp³-hybridized carbons (Fsp3) is 0.318. The number of carbonyl (C=O) groups excluding carboxylic acids is 3. The third-order valence-corrected chi connectivity index (χ3v) is 8.95. The number of nitro benzene ring substituents is 1. The number of nitro groups is 1. The van der Waals surface area contributed by atoms with Crippen LogP contribution < -0.4 is 0 Å². The molecule has 1 saturated heterocycles. The fourth-order valence-corrected chi connectivity index (χ4v) is 5.64. The number of nitrogens with zero attached hydrogens (tertiary/aromatic N) is 3. The van der Waals surface area contributed by atoms with E-state index in [0.29, 0.717) is 17.9 Å². The van der Waals surface area contributed by atoms with Gasteiger partial charge in [0.05, 0.1) is 28.9 Å². The van der Waals surface area contributed by atoms with Gasteiger partial charge in [-0.2, -0.15) is 5.01 Å². The van der Waals surface area contributed by atoms with Crippen LogP contribution in [0.15, 0.2) is 48.5 Å². The number of alkyl halides is 2. The third kappa shape index (κ3) is 4.56. The smallest absolute Gasteiger partial charge is 0.272 e. The van der Waals surface area contributed by atoms with Gasteiger partial charge in [0.1, 0.15) is 0 Å². The number of hydrazine groups is 1. The van der Waals surface area contributed by atoms with Crippen LogP contribution in [-0.4, -0.2) is 42.3 Å². The van der Waals surface area contributed by atoms with Gasteiger partial charge in [-0.25, -0.2) is 5.01 Å². The zero-order valence-electron chi connectivity index (χ0n) is 17.1. The Hall–Kier alpha value is -2.30. The lowest BCUT2D eigenvalue weighted by atomic mass is 9.81. The van der Waals surface area contributed by atoms with Crippen molar-refractivity contribution in [3.8, 4) is 0 Å². The summed E-state index contributed by atoms with van der Waals surface area (Å²) >= 11 is 13.0. The molecule has 11 heteroatoms. The van der Waals surface area contributed by atoms with Crippen LogP contribution in [0.1, 0.15) is 28.8 Å². The average Bonchev–Trinajstić information content (AvgIpc) is 3.02. The second-order valence-corrected chi connectivity index (χ2v) is 10.7. The molecule has 172 valence electrons. The molecular formula is C22H18Br2ClN3O5. The predicted octanol–water partition coefficient (Wildman–Crippen LogP) is 4.73. The molecule has 1 aliphatic heterocycles. The largest absolute Gasteiger partial charge is 0.274 e. The Morgan fingerprint density at radius 3 is 2.12 bits per heavy atom. The van der Waals surface area contributed by atoms with Gasteiger partial charge in [0.25, 0.3) is 23.4 Å². The molecule has 0 unspecified atom stereocenters. The van der Waals surface area contributed by atoms with E-state index < -0.39 is 34.5 Å². The normalized spacial score (nSPS) is 24.5. The number of imide groups is 1. The van der Waals surface area contributed by atoms with Gasteiger partial charge in [-0.05, 0) is 37.1 Å². The summed E-state index contributed by atoms with van der Waals surface area (Å²) in [6.07, 6.45) is 0.881. The van der Waals surface area contributed by atoms with Gasteiger partial charge < -0.3 is 0 Å². The van der Waals surface area contributed by atoms with E-state index in [1.54, 1.807) is 6.07 Å². The molecule has 2 aromatic rings. The number of benzene rings is 2. The van der Waals surface area contributed by atoms with Crippen LogP contribution >= 0.6 is 43.5 Å². The average molecular weight is 600 g/mol. The van der Waals surface area contributed by atoms with Gasteiger partial charge in [-0.15, -0.1) is 0 Å². The molecule has 1 aliphatic carbocycles. The first kappa shape index (κ1) is 23.8. The maximum atomic E-state index is 13.5. The van der Waals surface area contributed by atoms with Gasteiger partial charge >= 0.3 is 0 Å². The van der Waals surface area contributed by atoms with Crippen LogP contribution in [-0.2, 0) is 16.1 Å². The molecule has 0 spiro atoms. The third-order valence-electron chi connectivity index (χ3n) is 5.96. The Labute approximate surface area is 211 Å². The van der Waals surface area contributed by atoms with E-state index >= 15 is 0 Å². The highest BCUT2D eigenvalue weighted by Gasteiger charge is 2.54. The Kier molecular flexibility index (Phi) is 6.88. The minimum Gasteiger partial charge on any atom is -0.272 e. The lowest BCUT2D eigenvalue weighted by Gasteiger charge is -2.30. The first-order valence-electron chi connectivity index (χ1n) is 10.1. The van der Waals surface area contributed by atoms with E-state index in [0.717, 1.165) is 10.0 Å². The first-order valence-corrected chi connectivity index (χ1v) is 12.4. The maximum absolute atomic E-state index is 13.5. The standard InChI is InChI=1S/C22H18Br2ClN3O5/c23-17-9-15-16(10-18(17)24)22(31)27(21(15)30)26(20(29)12-5-7-14(25)8-6-12)11-13-3-1-2-4-19(13)28(32)33/h1-8,15-18H,9-11H2/t15-,16-,17-,18+/m1/s1. The minimum atomic E-state index is -0.629. The van der Waals surface area contributed by atoms with Crippen LogP contribution in [0.4, 0.5) is 5.69 Å². The summed E-state index contributed by atoms with van der Waals surface area (Å²) < 4.78 is 0. The summed E-state index contributed by atoms with van der Waals surface area (Å²) in [5.74, 6) is -2.72. The summed E-state index contributed by atoms with van der Waals surface area (Å²) in [6.45, 7) is -0.314. The lowest BCUT2D eigenvalue weighted by molar-refractivity contribution is -0.385. The van der Waals surface area contributed by atoms with Crippen molar-refractivity contribution >= 4 is 66.9 Å². The van der Waals surface area contributed by atoms with E-state index in [1.807, 2.05) is 0 Å². The van der Waals surface area contributed by atoms with Crippen molar-refractivity contribution in [3.63, 3.8) is 0 Å². The summed E-state index contributed by atoms with van der Waals surface area (Å²) in [6, 6.07) is 12.0. The van der Waals surface area contributed by atoms with Crippen LogP contribution in [0.3, 0.4) is 0 Å². The van der Waals surface area contributed by atoms with Crippen molar-refractivity contribution in [1.29, 1.82) is 0 Å². The van der Waals surface area contributed by atoms with Crippen molar-refractivity contribution in [2.45, 2.75) is 29.0 Å². The number of carbonyl (C=O) groups is 3. The van der Waals surface area contributed by atoms with E-state index in [1.165, 1.54) is 42.5 Å². The molecule has 0 radical (unpaired) electrons. The zero-order valence-corrected chi connectivity index (χ0v) is 21.0. The Balaban J connectivity index is 1.75. The van der Waals surface area contributed by atoms with E-state index in [9.17, 15) is 24.5 Å². The van der Waals surface area contributed by atoms with E-state index in [2.05, 4.69) is 31.9 Å². The van der Waals surface area contributed by atoms with Crippen molar-refractivity contribution in [2.75, 3.05) is 0 Å². The molecule has 2 fully saturated rings. The molecule has 4 rings (SSSR count). The topological polar surface area (TPSA) is 101 Å². The first-order chi connectivity index (χ1) is 15.7. The second kappa shape index (κ2) is 9.52. The molecule has 0 bridgehead atoms. The van der Waals surface area contributed by atoms with Crippen molar-refractivity contribution in [1.82, 2.24) is 10.0 Å². The van der Waals surface area contributed by atoms with Gasteiger partial charge in [-0.3, -0.25) is 24.5 Å². The predicted molar refractivity (Wildman–Crippen MR) is 128 cm³/mol.